The van der Waals surface area contributed by atoms with Crippen molar-refractivity contribution in [3.63, 3.8) is 0 Å². The number of anilines is 2. The summed E-state index contributed by atoms with van der Waals surface area (Å²) in [4.78, 5) is 13.3. The van der Waals surface area contributed by atoms with Crippen LogP contribution in [0.5, 0.6) is 0 Å². The van der Waals surface area contributed by atoms with Crippen molar-refractivity contribution < 1.29 is 5.11 Å². The molecule has 0 radical (unpaired) electrons. The number of rotatable bonds is 4. The number of halogens is 2. The highest BCUT2D eigenvalue weighted by atomic mass is 35.5. The lowest BCUT2D eigenvalue weighted by molar-refractivity contribution is 0.188. The van der Waals surface area contributed by atoms with Gasteiger partial charge in [0.15, 0.2) is 0 Å². The molecule has 2 heterocycles. The second kappa shape index (κ2) is 8.84. The van der Waals surface area contributed by atoms with Gasteiger partial charge < -0.3 is 21.5 Å². The van der Waals surface area contributed by atoms with E-state index in [0.717, 1.165) is 57.1 Å². The van der Waals surface area contributed by atoms with Crippen molar-refractivity contribution in [2.75, 3.05) is 50.0 Å². The van der Waals surface area contributed by atoms with Gasteiger partial charge in [-0.25, -0.2) is 4.98 Å². The van der Waals surface area contributed by atoms with E-state index in [4.69, 9.17) is 16.6 Å². The van der Waals surface area contributed by atoms with Gasteiger partial charge in [0.2, 0.25) is 5.95 Å². The summed E-state index contributed by atoms with van der Waals surface area (Å²) >= 11 is 0. The highest BCUT2D eigenvalue weighted by molar-refractivity contribution is 5.85. The predicted octanol–water partition coefficient (Wildman–Crippen LogP) is 0.221. The van der Waals surface area contributed by atoms with Crippen LogP contribution >= 0.6 is 24.8 Å². The number of β-amino-alcohol motifs (C(OH)–C–C–N with tert-alkyl or cyclic N) is 1. The van der Waals surface area contributed by atoms with Crippen LogP contribution in [0.2, 0.25) is 0 Å². The summed E-state index contributed by atoms with van der Waals surface area (Å²) < 4.78 is 0. The molecule has 2 fully saturated rings. The quantitative estimate of drug-likeness (QED) is 0.701. The van der Waals surface area contributed by atoms with E-state index in [1.807, 2.05) is 0 Å². The number of aliphatic hydroxyl groups excluding tert-OH is 1. The first-order chi connectivity index (χ1) is 10.2. The lowest BCUT2D eigenvalue weighted by atomic mass is 9.78. The highest BCUT2D eigenvalue weighted by Gasteiger charge is 2.29. The topological polar surface area (TPSA) is 105 Å². The zero-order chi connectivity index (χ0) is 14.8. The molecule has 132 valence electrons. The maximum Gasteiger partial charge on any atom is 0.222 e. The van der Waals surface area contributed by atoms with Crippen LogP contribution in [0, 0.1) is 0 Å². The van der Waals surface area contributed by atoms with Crippen LogP contribution in [0.3, 0.4) is 0 Å². The van der Waals surface area contributed by atoms with Crippen molar-refractivity contribution in [2.45, 2.75) is 24.8 Å². The van der Waals surface area contributed by atoms with Crippen molar-refractivity contribution in [2.24, 2.45) is 5.73 Å². The first kappa shape index (κ1) is 20.2. The zero-order valence-electron chi connectivity index (χ0n) is 13.1. The molecule has 1 aliphatic heterocycles. The minimum Gasteiger partial charge on any atom is -0.395 e. The molecule has 3 rings (SSSR count). The van der Waals surface area contributed by atoms with E-state index in [2.05, 4.69) is 25.8 Å². The van der Waals surface area contributed by atoms with Gasteiger partial charge in [0.05, 0.1) is 12.3 Å². The van der Waals surface area contributed by atoms with Crippen molar-refractivity contribution in [1.29, 1.82) is 0 Å². The Morgan fingerprint density at radius 2 is 1.78 bits per heavy atom. The maximum absolute atomic E-state index is 8.99. The van der Waals surface area contributed by atoms with E-state index in [1.54, 1.807) is 0 Å². The number of hydrogen-bond acceptors (Lipinski definition) is 7. The number of hydrogen-bond donors (Lipinski definition) is 3. The summed E-state index contributed by atoms with van der Waals surface area (Å²) in [5.41, 5.74) is 12.8. The smallest absolute Gasteiger partial charge is 0.222 e. The van der Waals surface area contributed by atoms with E-state index in [0.29, 0.717) is 17.9 Å². The van der Waals surface area contributed by atoms with Gasteiger partial charge in [-0.05, 0) is 12.8 Å². The standard InChI is InChI=1S/C14H24N6O.2ClH/c15-11-7-10(8-11)12-9-13(18-14(16)17-12)20-3-1-19(2-4-20)5-6-21;;/h9-11,21H,1-8,15H2,(H2,16,17,18);2*1H. The third-order valence-corrected chi connectivity index (χ3v) is 4.46. The van der Waals surface area contributed by atoms with E-state index >= 15 is 0 Å². The summed E-state index contributed by atoms with van der Waals surface area (Å²) in [5.74, 6) is 1.70. The first-order valence-electron chi connectivity index (χ1n) is 7.64. The Labute approximate surface area is 149 Å². The first-order valence-corrected chi connectivity index (χ1v) is 7.64. The second-order valence-corrected chi connectivity index (χ2v) is 5.99. The molecule has 0 amide bonds. The Hall–Kier alpha value is -0.860. The molecule has 5 N–H and O–H groups in total. The van der Waals surface area contributed by atoms with Crippen LogP contribution in [0.25, 0.3) is 0 Å². The van der Waals surface area contributed by atoms with E-state index in [1.165, 1.54) is 0 Å². The molecule has 1 aromatic heterocycles. The fourth-order valence-electron chi connectivity index (χ4n) is 3.09. The fourth-order valence-corrected chi connectivity index (χ4v) is 3.09. The van der Waals surface area contributed by atoms with E-state index in [-0.39, 0.29) is 31.4 Å². The van der Waals surface area contributed by atoms with Crippen LogP contribution in [0.1, 0.15) is 24.5 Å². The van der Waals surface area contributed by atoms with E-state index < -0.39 is 0 Å². The van der Waals surface area contributed by atoms with Gasteiger partial charge in [-0.1, -0.05) is 0 Å². The summed E-state index contributed by atoms with van der Waals surface area (Å²) in [5, 5.41) is 8.99. The monoisotopic (exact) mass is 364 g/mol. The van der Waals surface area contributed by atoms with Crippen molar-refractivity contribution in [3.05, 3.63) is 11.8 Å². The molecule has 0 bridgehead atoms. The molecule has 0 spiro atoms. The fraction of sp³-hybridized carbons (Fsp3) is 0.714. The molecule has 0 unspecified atom stereocenters. The molecule has 23 heavy (non-hydrogen) atoms. The Balaban J connectivity index is 0.00000132. The van der Waals surface area contributed by atoms with Crippen molar-refractivity contribution in [3.8, 4) is 0 Å². The number of aliphatic hydroxyl groups is 1. The van der Waals surface area contributed by atoms with Gasteiger partial charge in [0.1, 0.15) is 5.82 Å². The molecule has 1 saturated carbocycles. The number of nitrogen functional groups attached to an aromatic ring is 1. The minimum absolute atomic E-state index is 0. The Morgan fingerprint density at radius 1 is 1.13 bits per heavy atom. The summed E-state index contributed by atoms with van der Waals surface area (Å²) in [6.45, 7) is 4.64. The second-order valence-electron chi connectivity index (χ2n) is 5.99. The molecule has 0 atom stereocenters. The molecular formula is C14H26Cl2N6O. The zero-order valence-corrected chi connectivity index (χ0v) is 14.7. The molecule has 1 saturated heterocycles. The number of nitrogens with two attached hydrogens (primary N) is 2. The van der Waals surface area contributed by atoms with Crippen molar-refractivity contribution in [1.82, 2.24) is 14.9 Å². The SMILES string of the molecule is Cl.Cl.Nc1nc(C2CC(N)C2)cc(N2CCN(CCO)CC2)n1. The average Bonchev–Trinajstić information content (AvgIpc) is 2.44. The van der Waals surface area contributed by atoms with Crippen LogP contribution in [0.15, 0.2) is 6.07 Å². The van der Waals surface area contributed by atoms with Crippen LogP contribution in [0.4, 0.5) is 11.8 Å². The predicted molar refractivity (Wildman–Crippen MR) is 96.6 cm³/mol. The Morgan fingerprint density at radius 3 is 2.35 bits per heavy atom. The lowest BCUT2D eigenvalue weighted by Gasteiger charge is -2.36. The number of nitrogens with zero attached hydrogens (tertiary/aromatic N) is 4. The minimum atomic E-state index is 0. The van der Waals surface area contributed by atoms with Gasteiger partial charge >= 0.3 is 0 Å². The van der Waals surface area contributed by atoms with Gasteiger partial charge in [0.25, 0.3) is 0 Å². The van der Waals surface area contributed by atoms with E-state index in [9.17, 15) is 0 Å². The third kappa shape index (κ3) is 4.81. The number of aromatic nitrogens is 2. The lowest BCUT2D eigenvalue weighted by Crippen LogP contribution is -2.47. The van der Waals surface area contributed by atoms with Crippen LogP contribution in [-0.4, -0.2) is 65.3 Å². The van der Waals surface area contributed by atoms with Crippen molar-refractivity contribution >= 4 is 36.6 Å². The van der Waals surface area contributed by atoms with Gasteiger partial charge in [-0.2, -0.15) is 4.98 Å². The summed E-state index contributed by atoms with van der Waals surface area (Å²) in [6, 6.07) is 2.37. The molecular weight excluding hydrogens is 339 g/mol. The third-order valence-electron chi connectivity index (χ3n) is 4.46. The van der Waals surface area contributed by atoms with Crippen LogP contribution in [-0.2, 0) is 0 Å². The van der Waals surface area contributed by atoms with Gasteiger partial charge in [-0.15, -0.1) is 24.8 Å². The molecule has 7 nitrogen and oxygen atoms in total. The van der Waals surface area contributed by atoms with Gasteiger partial charge in [0, 0.05) is 50.7 Å². The maximum atomic E-state index is 8.99. The molecule has 1 aromatic rings. The summed E-state index contributed by atoms with van der Waals surface area (Å²) in [7, 11) is 0. The molecule has 0 aromatic carbocycles. The van der Waals surface area contributed by atoms with Crippen LogP contribution < -0.4 is 16.4 Å². The molecule has 9 heteroatoms. The molecule has 2 aliphatic rings. The normalized spacial score (nSPS) is 24.3. The van der Waals surface area contributed by atoms with Gasteiger partial charge in [-0.3, -0.25) is 4.90 Å². The summed E-state index contributed by atoms with van der Waals surface area (Å²) in [6.07, 6.45) is 1.97. The Kier molecular flexibility index (Phi) is 7.76. The average molecular weight is 365 g/mol. The largest absolute Gasteiger partial charge is 0.395 e. The molecule has 1 aliphatic carbocycles. The highest BCUT2D eigenvalue weighted by Crippen LogP contribution is 2.35. The number of piperazine rings is 1. The Bertz CT molecular complexity index is 492.